The molecule has 1 rings (SSSR count). The van der Waals surface area contributed by atoms with E-state index in [0.717, 1.165) is 19.3 Å². The van der Waals surface area contributed by atoms with Gasteiger partial charge in [-0.3, -0.25) is 0 Å². The summed E-state index contributed by atoms with van der Waals surface area (Å²) in [5.74, 6) is 0. The lowest BCUT2D eigenvalue weighted by atomic mass is 10.0. The Hall–Kier alpha value is -0.860. The van der Waals surface area contributed by atoms with Gasteiger partial charge in [-0.25, -0.2) is 0 Å². The molecule has 0 heterocycles. The Morgan fingerprint density at radius 3 is 2.50 bits per heavy atom. The van der Waals surface area contributed by atoms with Crippen molar-refractivity contribution in [2.75, 3.05) is 6.61 Å². The molecule has 0 aromatic heterocycles. The molecule has 0 fully saturated rings. The van der Waals surface area contributed by atoms with Crippen molar-refractivity contribution in [1.82, 2.24) is 5.32 Å². The molecule has 2 nitrogen and oxygen atoms in total. The zero-order valence-corrected chi connectivity index (χ0v) is 11.7. The molecule has 0 amide bonds. The van der Waals surface area contributed by atoms with Gasteiger partial charge in [-0.15, -0.1) is 0 Å². The number of rotatable bonds is 9. The maximum atomic E-state index is 9.32. The quantitative estimate of drug-likeness (QED) is 0.704. The molecule has 0 aliphatic carbocycles. The third kappa shape index (κ3) is 6.18. The largest absolute Gasteiger partial charge is 0.395 e. The van der Waals surface area contributed by atoms with Crippen molar-refractivity contribution in [3.63, 3.8) is 0 Å². The second-order valence-electron chi connectivity index (χ2n) is 5.11. The van der Waals surface area contributed by atoms with Gasteiger partial charge in [0, 0.05) is 12.1 Å². The number of benzene rings is 1. The van der Waals surface area contributed by atoms with Gasteiger partial charge in [-0.05, 0) is 31.7 Å². The van der Waals surface area contributed by atoms with E-state index in [4.69, 9.17) is 0 Å². The summed E-state index contributed by atoms with van der Waals surface area (Å²) in [7, 11) is 0. The maximum Gasteiger partial charge on any atom is 0.0584 e. The first-order chi connectivity index (χ1) is 8.76. The first kappa shape index (κ1) is 15.2. The van der Waals surface area contributed by atoms with E-state index in [9.17, 15) is 5.11 Å². The van der Waals surface area contributed by atoms with E-state index in [1.54, 1.807) is 0 Å². The highest BCUT2D eigenvalue weighted by molar-refractivity contribution is 5.14. The zero-order valence-electron chi connectivity index (χ0n) is 11.7. The molecule has 102 valence electrons. The van der Waals surface area contributed by atoms with Crippen LogP contribution in [-0.4, -0.2) is 23.8 Å². The lowest BCUT2D eigenvalue weighted by Crippen LogP contribution is -2.39. The Bertz CT molecular complexity index is 299. The third-order valence-corrected chi connectivity index (χ3v) is 3.36. The predicted octanol–water partition coefficient (Wildman–Crippen LogP) is 3.15. The Morgan fingerprint density at radius 1 is 1.17 bits per heavy atom. The Kier molecular flexibility index (Phi) is 7.70. The van der Waals surface area contributed by atoms with E-state index in [-0.39, 0.29) is 12.6 Å². The molecule has 1 aromatic carbocycles. The average molecular weight is 249 g/mol. The molecule has 0 radical (unpaired) electrons. The van der Waals surface area contributed by atoms with Crippen molar-refractivity contribution in [3.8, 4) is 0 Å². The van der Waals surface area contributed by atoms with Crippen LogP contribution in [0.4, 0.5) is 0 Å². The van der Waals surface area contributed by atoms with Gasteiger partial charge in [-0.1, -0.05) is 50.1 Å². The molecular weight excluding hydrogens is 222 g/mol. The van der Waals surface area contributed by atoms with Gasteiger partial charge >= 0.3 is 0 Å². The van der Waals surface area contributed by atoms with E-state index in [1.807, 2.05) is 0 Å². The molecule has 2 heteroatoms. The van der Waals surface area contributed by atoms with E-state index >= 15 is 0 Å². The second-order valence-corrected chi connectivity index (χ2v) is 5.11. The van der Waals surface area contributed by atoms with Gasteiger partial charge in [0.1, 0.15) is 0 Å². The van der Waals surface area contributed by atoms with Crippen LogP contribution in [0.15, 0.2) is 30.3 Å². The fourth-order valence-corrected chi connectivity index (χ4v) is 2.19. The Morgan fingerprint density at radius 2 is 1.89 bits per heavy atom. The van der Waals surface area contributed by atoms with Crippen molar-refractivity contribution in [1.29, 1.82) is 0 Å². The van der Waals surface area contributed by atoms with E-state index in [1.165, 1.54) is 18.4 Å². The minimum Gasteiger partial charge on any atom is -0.395 e. The van der Waals surface area contributed by atoms with E-state index < -0.39 is 0 Å². The summed E-state index contributed by atoms with van der Waals surface area (Å²) in [6, 6.07) is 11.3. The molecule has 2 N–H and O–H groups in total. The van der Waals surface area contributed by atoms with Crippen molar-refractivity contribution >= 4 is 0 Å². The summed E-state index contributed by atoms with van der Waals surface area (Å²) in [6.45, 7) is 4.64. The standard InChI is InChI=1S/C16H27NO/c1-3-4-10-16(13-18)17-14(2)11-12-15-8-6-5-7-9-15/h5-9,14,16-18H,3-4,10-13H2,1-2H3. The molecule has 0 aliphatic heterocycles. The van der Waals surface area contributed by atoms with Crippen molar-refractivity contribution in [3.05, 3.63) is 35.9 Å². The van der Waals surface area contributed by atoms with Gasteiger partial charge in [0.15, 0.2) is 0 Å². The number of aliphatic hydroxyl groups excluding tert-OH is 1. The Labute approximate surface area is 111 Å². The van der Waals surface area contributed by atoms with Gasteiger partial charge in [-0.2, -0.15) is 0 Å². The fraction of sp³-hybridized carbons (Fsp3) is 0.625. The smallest absolute Gasteiger partial charge is 0.0584 e. The number of nitrogens with one attached hydrogen (secondary N) is 1. The molecule has 0 bridgehead atoms. The number of aliphatic hydroxyl groups is 1. The summed E-state index contributed by atoms with van der Waals surface area (Å²) in [5.41, 5.74) is 1.39. The topological polar surface area (TPSA) is 32.3 Å². The molecule has 2 atom stereocenters. The lowest BCUT2D eigenvalue weighted by Gasteiger charge is -2.21. The van der Waals surface area contributed by atoms with E-state index in [2.05, 4.69) is 49.5 Å². The molecule has 0 saturated carbocycles. The lowest BCUT2D eigenvalue weighted by molar-refractivity contribution is 0.222. The number of aryl methyl sites for hydroxylation is 1. The van der Waals surface area contributed by atoms with Gasteiger partial charge in [0.05, 0.1) is 6.61 Å². The van der Waals surface area contributed by atoms with Crippen LogP contribution in [0.3, 0.4) is 0 Å². The Balaban J connectivity index is 2.25. The molecule has 0 aliphatic rings. The average Bonchev–Trinajstić information content (AvgIpc) is 2.42. The molecular formula is C16H27NO. The van der Waals surface area contributed by atoms with Crippen molar-refractivity contribution < 1.29 is 5.11 Å². The minimum atomic E-state index is 0.246. The predicted molar refractivity (Wildman–Crippen MR) is 77.8 cm³/mol. The van der Waals surface area contributed by atoms with Crippen LogP contribution in [0.5, 0.6) is 0 Å². The van der Waals surface area contributed by atoms with Crippen LogP contribution in [-0.2, 0) is 6.42 Å². The molecule has 0 saturated heterocycles. The number of hydrogen-bond acceptors (Lipinski definition) is 2. The van der Waals surface area contributed by atoms with Crippen LogP contribution in [0.2, 0.25) is 0 Å². The summed E-state index contributed by atoms with van der Waals surface area (Å²) in [4.78, 5) is 0. The molecule has 18 heavy (non-hydrogen) atoms. The summed E-state index contributed by atoms with van der Waals surface area (Å²) >= 11 is 0. The minimum absolute atomic E-state index is 0.246. The number of unbranched alkanes of at least 4 members (excludes halogenated alkanes) is 1. The number of hydrogen-bond donors (Lipinski definition) is 2. The molecule has 1 aromatic rings. The highest BCUT2D eigenvalue weighted by Gasteiger charge is 2.10. The first-order valence-electron chi connectivity index (χ1n) is 7.17. The summed E-state index contributed by atoms with van der Waals surface area (Å²) in [5, 5.41) is 12.8. The third-order valence-electron chi connectivity index (χ3n) is 3.36. The van der Waals surface area contributed by atoms with Crippen molar-refractivity contribution in [2.45, 2.75) is 58.0 Å². The normalized spacial score (nSPS) is 14.4. The molecule has 0 spiro atoms. The van der Waals surface area contributed by atoms with Crippen molar-refractivity contribution in [2.24, 2.45) is 0 Å². The van der Waals surface area contributed by atoms with Crippen LogP contribution in [0.1, 0.15) is 45.1 Å². The van der Waals surface area contributed by atoms with Gasteiger partial charge < -0.3 is 10.4 Å². The summed E-state index contributed by atoms with van der Waals surface area (Å²) in [6.07, 6.45) is 5.66. The van der Waals surface area contributed by atoms with Gasteiger partial charge in [0.2, 0.25) is 0 Å². The van der Waals surface area contributed by atoms with Gasteiger partial charge in [0.25, 0.3) is 0 Å². The maximum absolute atomic E-state index is 9.32. The van der Waals surface area contributed by atoms with Crippen LogP contribution in [0, 0.1) is 0 Å². The fourth-order valence-electron chi connectivity index (χ4n) is 2.19. The highest BCUT2D eigenvalue weighted by atomic mass is 16.3. The SMILES string of the molecule is CCCCC(CO)NC(C)CCc1ccccc1. The second kappa shape index (κ2) is 9.12. The first-order valence-corrected chi connectivity index (χ1v) is 7.17. The van der Waals surface area contributed by atoms with E-state index in [0.29, 0.717) is 6.04 Å². The highest BCUT2D eigenvalue weighted by Crippen LogP contribution is 2.07. The molecule has 2 unspecified atom stereocenters. The van der Waals surface area contributed by atoms with Crippen LogP contribution in [0.25, 0.3) is 0 Å². The van der Waals surface area contributed by atoms with Crippen LogP contribution < -0.4 is 5.32 Å². The zero-order chi connectivity index (χ0) is 13.2. The monoisotopic (exact) mass is 249 g/mol. The summed E-state index contributed by atoms with van der Waals surface area (Å²) < 4.78 is 0. The van der Waals surface area contributed by atoms with Crippen LogP contribution >= 0.6 is 0 Å².